The molecule has 1 heterocycles. The van der Waals surface area contributed by atoms with Gasteiger partial charge in [-0.2, -0.15) is 0 Å². The smallest absolute Gasteiger partial charge is 0.200 e. The van der Waals surface area contributed by atoms with Gasteiger partial charge in [0.25, 0.3) is 0 Å². The minimum Gasteiger partial charge on any atom is -0.493 e. The molecule has 3 rings (SSSR count). The highest BCUT2D eigenvalue weighted by Gasteiger charge is 2.11. The molecule has 0 unspecified atom stereocenters. The van der Waals surface area contributed by atoms with E-state index < -0.39 is 0 Å². The van der Waals surface area contributed by atoms with Crippen LogP contribution in [-0.2, 0) is 6.54 Å². The summed E-state index contributed by atoms with van der Waals surface area (Å²) in [5.74, 6) is 2.10. The first-order valence-electron chi connectivity index (χ1n) is 6.68. The molecule has 108 valence electrons. The second kappa shape index (κ2) is 5.75. The molecule has 0 aliphatic carbocycles. The molecular weight excluding hydrogens is 266 g/mol. The van der Waals surface area contributed by atoms with Crippen LogP contribution in [0.3, 0.4) is 0 Å². The number of rotatable bonds is 3. The second-order valence-corrected chi connectivity index (χ2v) is 4.64. The Kier molecular flexibility index (Phi) is 3.64. The van der Waals surface area contributed by atoms with Crippen LogP contribution in [-0.4, -0.2) is 20.2 Å². The summed E-state index contributed by atoms with van der Waals surface area (Å²) in [6, 6.07) is 13.8. The maximum Gasteiger partial charge on any atom is 0.200 e. The van der Waals surface area contributed by atoms with Crippen molar-refractivity contribution in [3.63, 3.8) is 0 Å². The predicted octanol–water partition coefficient (Wildman–Crippen LogP) is 3.10. The number of nitrogens with zero attached hydrogens (tertiary/aromatic N) is 1. The van der Waals surface area contributed by atoms with Crippen LogP contribution >= 0.6 is 0 Å². The topological polar surface area (TPSA) is 54.9 Å². The molecule has 0 atom stereocenters. The molecule has 0 radical (unpaired) electrons. The number of methoxy groups -OCH3 is 2. The lowest BCUT2D eigenvalue weighted by atomic mass is 10.1. The Morgan fingerprint density at radius 2 is 1.86 bits per heavy atom. The summed E-state index contributed by atoms with van der Waals surface area (Å²) in [6.45, 7) is 0.665. The number of benzene rings is 2. The molecule has 1 aliphatic heterocycles. The highest BCUT2D eigenvalue weighted by Crippen LogP contribution is 2.30. The molecule has 0 saturated carbocycles. The van der Waals surface area contributed by atoms with E-state index in [1.54, 1.807) is 14.2 Å². The zero-order chi connectivity index (χ0) is 14.7. The van der Waals surface area contributed by atoms with Gasteiger partial charge in [0.15, 0.2) is 11.5 Å². The number of hydrogen-bond donors (Lipinski definition) is 2. The molecule has 2 aromatic rings. The van der Waals surface area contributed by atoms with E-state index in [1.165, 1.54) is 5.56 Å². The third-order valence-corrected chi connectivity index (χ3v) is 3.32. The lowest BCUT2D eigenvalue weighted by Gasteiger charge is -2.19. The average molecular weight is 283 g/mol. The largest absolute Gasteiger partial charge is 0.493 e. The van der Waals surface area contributed by atoms with E-state index in [-0.39, 0.29) is 0 Å². The van der Waals surface area contributed by atoms with E-state index in [0.29, 0.717) is 18.0 Å². The molecule has 5 nitrogen and oxygen atoms in total. The van der Waals surface area contributed by atoms with Gasteiger partial charge in [-0.25, -0.2) is 4.99 Å². The Balaban J connectivity index is 1.77. The van der Waals surface area contributed by atoms with Crippen LogP contribution in [0.5, 0.6) is 11.5 Å². The minimum absolute atomic E-state index is 0.665. The standard InChI is InChI=1S/C16H17N3O2/c1-20-14-8-7-12(9-15(14)21-2)18-16-17-10-11-5-3-4-6-13(11)19-16/h3-9H,10H2,1-2H3,(H2,17,18,19). The van der Waals surface area contributed by atoms with Crippen LogP contribution in [0, 0.1) is 0 Å². The fourth-order valence-corrected chi connectivity index (χ4v) is 2.23. The van der Waals surface area contributed by atoms with Crippen molar-refractivity contribution < 1.29 is 9.47 Å². The molecule has 2 N–H and O–H groups in total. The van der Waals surface area contributed by atoms with Crippen molar-refractivity contribution >= 4 is 17.3 Å². The zero-order valence-corrected chi connectivity index (χ0v) is 12.0. The molecule has 5 heteroatoms. The highest BCUT2D eigenvalue weighted by molar-refractivity contribution is 6.05. The van der Waals surface area contributed by atoms with Gasteiger partial charge in [0, 0.05) is 17.4 Å². The lowest BCUT2D eigenvalue weighted by molar-refractivity contribution is 0.355. The van der Waals surface area contributed by atoms with E-state index in [2.05, 4.69) is 21.7 Å². The quantitative estimate of drug-likeness (QED) is 0.909. The van der Waals surface area contributed by atoms with Gasteiger partial charge >= 0.3 is 0 Å². The first-order valence-corrected chi connectivity index (χ1v) is 6.68. The van der Waals surface area contributed by atoms with Crippen molar-refractivity contribution in [2.45, 2.75) is 6.54 Å². The molecule has 0 bridgehead atoms. The fraction of sp³-hybridized carbons (Fsp3) is 0.188. The summed E-state index contributed by atoms with van der Waals surface area (Å²) in [4.78, 5) is 4.49. The number of nitrogens with one attached hydrogen (secondary N) is 2. The van der Waals surface area contributed by atoms with Crippen molar-refractivity contribution in [1.29, 1.82) is 0 Å². The Morgan fingerprint density at radius 3 is 2.67 bits per heavy atom. The van der Waals surface area contributed by atoms with Gasteiger partial charge in [-0.1, -0.05) is 18.2 Å². The monoisotopic (exact) mass is 283 g/mol. The van der Waals surface area contributed by atoms with Gasteiger partial charge in [0.05, 0.1) is 20.8 Å². The van der Waals surface area contributed by atoms with E-state index in [0.717, 1.165) is 17.3 Å². The van der Waals surface area contributed by atoms with Gasteiger partial charge in [-0.3, -0.25) is 0 Å². The number of guanidine groups is 1. The van der Waals surface area contributed by atoms with Crippen molar-refractivity contribution in [2.24, 2.45) is 4.99 Å². The third kappa shape index (κ3) is 2.76. The molecule has 0 amide bonds. The van der Waals surface area contributed by atoms with E-state index >= 15 is 0 Å². The number of fused-ring (bicyclic) bond motifs is 1. The van der Waals surface area contributed by atoms with Crippen molar-refractivity contribution in [1.82, 2.24) is 0 Å². The average Bonchev–Trinajstić information content (AvgIpc) is 2.54. The number of para-hydroxylation sites is 1. The summed E-state index contributed by atoms with van der Waals surface area (Å²) in [5.41, 5.74) is 3.16. The van der Waals surface area contributed by atoms with E-state index in [1.807, 2.05) is 36.4 Å². The number of ether oxygens (including phenoxy) is 2. The maximum absolute atomic E-state index is 5.30. The van der Waals surface area contributed by atoms with Crippen LogP contribution in [0.1, 0.15) is 5.56 Å². The van der Waals surface area contributed by atoms with Crippen LogP contribution < -0.4 is 20.1 Å². The number of anilines is 2. The third-order valence-electron chi connectivity index (χ3n) is 3.32. The van der Waals surface area contributed by atoms with Gasteiger partial charge in [0.2, 0.25) is 5.96 Å². The zero-order valence-electron chi connectivity index (χ0n) is 12.0. The van der Waals surface area contributed by atoms with Crippen molar-refractivity contribution in [3.05, 3.63) is 48.0 Å². The molecule has 21 heavy (non-hydrogen) atoms. The van der Waals surface area contributed by atoms with Gasteiger partial charge in [0.1, 0.15) is 0 Å². The molecule has 2 aromatic carbocycles. The van der Waals surface area contributed by atoms with Gasteiger partial charge < -0.3 is 20.1 Å². The summed E-state index contributed by atoms with van der Waals surface area (Å²) in [5, 5.41) is 6.53. The van der Waals surface area contributed by atoms with Gasteiger partial charge in [-0.15, -0.1) is 0 Å². The maximum atomic E-state index is 5.30. The molecule has 0 saturated heterocycles. The summed E-state index contributed by atoms with van der Waals surface area (Å²) in [7, 11) is 3.24. The normalized spacial score (nSPS) is 12.8. The van der Waals surface area contributed by atoms with Crippen LogP contribution in [0.4, 0.5) is 11.4 Å². The summed E-state index contributed by atoms with van der Waals surface area (Å²) in [6.07, 6.45) is 0. The molecule has 0 spiro atoms. The van der Waals surface area contributed by atoms with E-state index in [4.69, 9.17) is 9.47 Å². The van der Waals surface area contributed by atoms with Crippen LogP contribution in [0.15, 0.2) is 47.5 Å². The molecule has 0 aromatic heterocycles. The summed E-state index contributed by atoms with van der Waals surface area (Å²) >= 11 is 0. The Hall–Kier alpha value is -2.69. The first-order chi connectivity index (χ1) is 10.3. The van der Waals surface area contributed by atoms with Crippen LogP contribution in [0.2, 0.25) is 0 Å². The number of hydrogen-bond acceptors (Lipinski definition) is 5. The van der Waals surface area contributed by atoms with E-state index in [9.17, 15) is 0 Å². The Bertz CT molecular complexity index is 683. The first kappa shape index (κ1) is 13.3. The molecular formula is C16H17N3O2. The highest BCUT2D eigenvalue weighted by atomic mass is 16.5. The Labute approximate surface area is 123 Å². The van der Waals surface area contributed by atoms with Gasteiger partial charge in [-0.05, 0) is 23.8 Å². The Morgan fingerprint density at radius 1 is 1.05 bits per heavy atom. The number of aliphatic imine (C=N–C) groups is 1. The minimum atomic E-state index is 0.665. The van der Waals surface area contributed by atoms with Crippen molar-refractivity contribution in [2.75, 3.05) is 24.9 Å². The van der Waals surface area contributed by atoms with Crippen molar-refractivity contribution in [3.8, 4) is 11.5 Å². The van der Waals surface area contributed by atoms with Crippen LogP contribution in [0.25, 0.3) is 0 Å². The lowest BCUT2D eigenvalue weighted by Crippen LogP contribution is -2.25. The fourth-order valence-electron chi connectivity index (χ4n) is 2.23. The molecule has 1 aliphatic rings. The second-order valence-electron chi connectivity index (χ2n) is 4.64. The summed E-state index contributed by atoms with van der Waals surface area (Å²) < 4.78 is 10.5. The SMILES string of the molecule is COc1ccc(NC2=NCc3ccccc3N2)cc1OC. The predicted molar refractivity (Wildman–Crippen MR) is 84.4 cm³/mol. The molecule has 0 fully saturated rings.